The predicted octanol–water partition coefficient (Wildman–Crippen LogP) is 2.35. The molecule has 0 unspecified atom stereocenters. The minimum atomic E-state index is -0.559. The predicted molar refractivity (Wildman–Crippen MR) is 71.9 cm³/mol. The molecule has 0 atom stereocenters. The SMILES string of the molecule is Nc1ccc(-c2nc(-c3cscn3)no2)cc1[N+](=O)[O-]. The Kier molecular flexibility index (Phi) is 2.88. The van der Waals surface area contributed by atoms with Gasteiger partial charge in [0.1, 0.15) is 11.4 Å². The molecular formula is C11H7N5O3S. The van der Waals surface area contributed by atoms with Gasteiger partial charge in [0.25, 0.3) is 11.6 Å². The number of thiazole rings is 1. The fraction of sp³-hybridized carbons (Fsp3) is 0. The van der Waals surface area contributed by atoms with Crippen LogP contribution in [0.25, 0.3) is 23.0 Å². The van der Waals surface area contributed by atoms with Gasteiger partial charge in [-0.25, -0.2) is 4.98 Å². The molecule has 9 heteroatoms. The van der Waals surface area contributed by atoms with Crippen LogP contribution < -0.4 is 5.73 Å². The molecule has 1 aromatic carbocycles. The number of nitrogens with zero attached hydrogens (tertiary/aromatic N) is 4. The Morgan fingerprint density at radius 2 is 2.25 bits per heavy atom. The van der Waals surface area contributed by atoms with Gasteiger partial charge in [0.05, 0.1) is 10.4 Å². The van der Waals surface area contributed by atoms with Gasteiger partial charge < -0.3 is 10.3 Å². The summed E-state index contributed by atoms with van der Waals surface area (Å²) in [5.74, 6) is 0.511. The van der Waals surface area contributed by atoms with Crippen molar-refractivity contribution >= 4 is 22.7 Å². The topological polar surface area (TPSA) is 121 Å². The smallest absolute Gasteiger partial charge is 0.292 e. The lowest BCUT2D eigenvalue weighted by atomic mass is 10.2. The van der Waals surface area contributed by atoms with Gasteiger partial charge in [0, 0.05) is 17.0 Å². The first-order valence-corrected chi connectivity index (χ1v) is 6.36. The normalized spacial score (nSPS) is 10.6. The van der Waals surface area contributed by atoms with Gasteiger partial charge in [-0.1, -0.05) is 5.16 Å². The standard InChI is InChI=1S/C11H7N5O3S/c12-7-2-1-6(3-9(7)16(17)18)11-14-10(15-19-11)8-4-20-5-13-8/h1-5H,12H2. The van der Waals surface area contributed by atoms with Crippen molar-refractivity contribution < 1.29 is 9.45 Å². The molecule has 2 N–H and O–H groups in total. The molecule has 100 valence electrons. The van der Waals surface area contributed by atoms with Crippen LogP contribution in [0.15, 0.2) is 33.6 Å². The maximum atomic E-state index is 10.8. The summed E-state index contributed by atoms with van der Waals surface area (Å²) in [6.07, 6.45) is 0. The maximum absolute atomic E-state index is 10.8. The number of nitrogens with two attached hydrogens (primary N) is 1. The summed E-state index contributed by atoms with van der Waals surface area (Å²) in [5, 5.41) is 16.4. The Hall–Kier alpha value is -2.81. The fourth-order valence-corrected chi connectivity index (χ4v) is 2.13. The van der Waals surface area contributed by atoms with Crippen molar-refractivity contribution in [1.82, 2.24) is 15.1 Å². The number of hydrogen-bond acceptors (Lipinski definition) is 8. The molecule has 0 aliphatic rings. The van der Waals surface area contributed by atoms with Crippen molar-refractivity contribution in [1.29, 1.82) is 0 Å². The van der Waals surface area contributed by atoms with E-state index in [0.29, 0.717) is 17.1 Å². The Morgan fingerprint density at radius 3 is 2.95 bits per heavy atom. The van der Waals surface area contributed by atoms with Crippen molar-refractivity contribution in [2.75, 3.05) is 5.73 Å². The van der Waals surface area contributed by atoms with Crippen molar-refractivity contribution in [3.63, 3.8) is 0 Å². The van der Waals surface area contributed by atoms with E-state index in [2.05, 4.69) is 15.1 Å². The van der Waals surface area contributed by atoms with E-state index in [1.165, 1.54) is 23.5 Å². The van der Waals surface area contributed by atoms with Crippen LogP contribution in [0.5, 0.6) is 0 Å². The summed E-state index contributed by atoms with van der Waals surface area (Å²) in [7, 11) is 0. The van der Waals surface area contributed by atoms with E-state index in [0.717, 1.165) is 0 Å². The van der Waals surface area contributed by atoms with Crippen molar-refractivity contribution in [3.8, 4) is 23.0 Å². The highest BCUT2D eigenvalue weighted by molar-refractivity contribution is 7.07. The summed E-state index contributed by atoms with van der Waals surface area (Å²) in [6.45, 7) is 0. The third-order valence-electron chi connectivity index (χ3n) is 2.56. The van der Waals surface area contributed by atoms with Gasteiger partial charge in [-0.05, 0) is 12.1 Å². The van der Waals surface area contributed by atoms with E-state index < -0.39 is 4.92 Å². The number of nitro groups is 1. The molecule has 0 bridgehead atoms. The highest BCUT2D eigenvalue weighted by atomic mass is 32.1. The molecule has 0 amide bonds. The third-order valence-corrected chi connectivity index (χ3v) is 3.15. The Morgan fingerprint density at radius 1 is 1.40 bits per heavy atom. The van der Waals surface area contributed by atoms with Gasteiger partial charge in [0.2, 0.25) is 5.82 Å². The fourth-order valence-electron chi connectivity index (χ4n) is 1.60. The first-order valence-electron chi connectivity index (χ1n) is 5.41. The van der Waals surface area contributed by atoms with Crippen molar-refractivity contribution in [3.05, 3.63) is 39.2 Å². The molecule has 0 aliphatic carbocycles. The maximum Gasteiger partial charge on any atom is 0.292 e. The lowest BCUT2D eigenvalue weighted by Crippen LogP contribution is -1.95. The van der Waals surface area contributed by atoms with Crippen LogP contribution in [0.3, 0.4) is 0 Å². The zero-order valence-electron chi connectivity index (χ0n) is 9.89. The second kappa shape index (κ2) is 4.70. The molecule has 0 radical (unpaired) electrons. The van der Waals surface area contributed by atoms with Crippen molar-refractivity contribution in [2.24, 2.45) is 0 Å². The van der Waals surface area contributed by atoms with E-state index in [1.807, 2.05) is 0 Å². The zero-order valence-corrected chi connectivity index (χ0v) is 10.7. The van der Waals surface area contributed by atoms with E-state index in [9.17, 15) is 10.1 Å². The molecule has 0 saturated heterocycles. The van der Waals surface area contributed by atoms with E-state index in [-0.39, 0.29) is 17.3 Å². The number of hydrogen-bond donors (Lipinski definition) is 1. The minimum absolute atomic E-state index is 0.0815. The molecule has 0 fully saturated rings. The first kappa shape index (κ1) is 12.2. The van der Waals surface area contributed by atoms with Crippen LogP contribution >= 0.6 is 11.3 Å². The van der Waals surface area contributed by atoms with Gasteiger partial charge in [0.15, 0.2) is 0 Å². The van der Waals surface area contributed by atoms with E-state index in [1.54, 1.807) is 17.0 Å². The molecule has 0 saturated carbocycles. The number of aromatic nitrogens is 3. The van der Waals surface area contributed by atoms with Gasteiger partial charge >= 0.3 is 0 Å². The molecule has 8 nitrogen and oxygen atoms in total. The van der Waals surface area contributed by atoms with Crippen LogP contribution in [0, 0.1) is 10.1 Å². The summed E-state index contributed by atoms with van der Waals surface area (Å²) in [6, 6.07) is 4.31. The molecule has 0 spiro atoms. The number of rotatable bonds is 3. The summed E-state index contributed by atoms with van der Waals surface area (Å²) >= 11 is 1.41. The highest BCUT2D eigenvalue weighted by Crippen LogP contribution is 2.28. The van der Waals surface area contributed by atoms with E-state index in [4.69, 9.17) is 10.3 Å². The molecule has 20 heavy (non-hydrogen) atoms. The van der Waals surface area contributed by atoms with E-state index >= 15 is 0 Å². The quantitative estimate of drug-likeness (QED) is 0.446. The van der Waals surface area contributed by atoms with Crippen LogP contribution in [0.4, 0.5) is 11.4 Å². The molecule has 2 aromatic heterocycles. The van der Waals surface area contributed by atoms with Gasteiger partial charge in [-0.3, -0.25) is 10.1 Å². The van der Waals surface area contributed by atoms with Gasteiger partial charge in [-0.2, -0.15) is 4.98 Å². The van der Waals surface area contributed by atoms with Crippen molar-refractivity contribution in [2.45, 2.75) is 0 Å². The lowest BCUT2D eigenvalue weighted by molar-refractivity contribution is -0.383. The lowest BCUT2D eigenvalue weighted by Gasteiger charge is -1.98. The Bertz CT molecular complexity index is 768. The number of nitro benzene ring substituents is 1. The van der Waals surface area contributed by atoms with Crippen LogP contribution in [-0.2, 0) is 0 Å². The summed E-state index contributed by atoms with van der Waals surface area (Å²) < 4.78 is 5.09. The third kappa shape index (κ3) is 2.10. The van der Waals surface area contributed by atoms with Gasteiger partial charge in [-0.15, -0.1) is 11.3 Å². The molecule has 3 aromatic rings. The Labute approximate surface area is 116 Å². The number of nitrogen functional groups attached to an aromatic ring is 1. The molecule has 2 heterocycles. The molecular weight excluding hydrogens is 282 g/mol. The monoisotopic (exact) mass is 289 g/mol. The highest BCUT2D eigenvalue weighted by Gasteiger charge is 2.17. The summed E-state index contributed by atoms with van der Waals surface area (Å²) in [5.41, 5.74) is 8.09. The second-order valence-corrected chi connectivity index (χ2v) is 4.55. The Balaban J connectivity index is 2.02. The second-order valence-electron chi connectivity index (χ2n) is 3.83. The minimum Gasteiger partial charge on any atom is -0.393 e. The van der Waals surface area contributed by atoms with Crippen LogP contribution in [-0.4, -0.2) is 20.0 Å². The summed E-state index contributed by atoms with van der Waals surface area (Å²) in [4.78, 5) is 18.5. The molecule has 3 rings (SSSR count). The zero-order chi connectivity index (χ0) is 14.1. The molecule has 0 aliphatic heterocycles. The largest absolute Gasteiger partial charge is 0.393 e. The van der Waals surface area contributed by atoms with Crippen LogP contribution in [0.1, 0.15) is 0 Å². The first-order chi connectivity index (χ1) is 9.65. The number of anilines is 1. The average Bonchev–Trinajstić information content (AvgIpc) is 3.09. The number of benzene rings is 1. The average molecular weight is 289 g/mol. The van der Waals surface area contributed by atoms with Crippen LogP contribution in [0.2, 0.25) is 0 Å².